The van der Waals surface area contributed by atoms with Gasteiger partial charge in [-0.05, 0) is 128 Å². The summed E-state index contributed by atoms with van der Waals surface area (Å²) in [7, 11) is 3.19. The third kappa shape index (κ3) is 24.1. The molecule has 0 spiro atoms. The summed E-state index contributed by atoms with van der Waals surface area (Å²) in [5.74, 6) is 0.739. The number of esters is 1. The fraction of sp³-hybridized carbons (Fsp3) is 0.354. The summed E-state index contributed by atoms with van der Waals surface area (Å²) in [5.41, 5.74) is 9.74. The number of ether oxygens (including phenoxy) is 5. The molecule has 17 nitrogen and oxygen atoms in total. The minimum atomic E-state index is -1.10. The molecule has 456 valence electrons. The van der Waals surface area contributed by atoms with Gasteiger partial charge in [-0.1, -0.05) is 62.1 Å². The molecule has 0 unspecified atom stereocenters. The van der Waals surface area contributed by atoms with E-state index in [4.69, 9.17) is 24.7 Å². The van der Waals surface area contributed by atoms with Crippen molar-refractivity contribution in [3.63, 3.8) is 0 Å². The van der Waals surface area contributed by atoms with E-state index in [-0.39, 0.29) is 93.0 Å². The summed E-state index contributed by atoms with van der Waals surface area (Å²) >= 11 is 0. The molecule has 6 aromatic carbocycles. The first-order valence-electron chi connectivity index (χ1n) is 28.1. The molecular weight excluding hydrogens is 1120 g/mol. The molecule has 0 atom stereocenters. The Balaban J connectivity index is 0.000000306. The summed E-state index contributed by atoms with van der Waals surface area (Å²) in [6, 6.07) is 38.1. The third-order valence-electron chi connectivity index (χ3n) is 13.1. The molecule has 7 rings (SSSR count). The van der Waals surface area contributed by atoms with Crippen molar-refractivity contribution < 1.29 is 99.0 Å². The van der Waals surface area contributed by atoms with Crippen LogP contribution in [0.5, 0.6) is 34.5 Å². The van der Waals surface area contributed by atoms with Gasteiger partial charge < -0.3 is 55.2 Å². The molecule has 1 fully saturated rings. The summed E-state index contributed by atoms with van der Waals surface area (Å²) in [6.07, 6.45) is 7.52. The normalized spacial score (nSPS) is 11.5. The van der Waals surface area contributed by atoms with Crippen LogP contribution < -0.4 is 50.4 Å². The van der Waals surface area contributed by atoms with Crippen molar-refractivity contribution in [3.8, 4) is 34.5 Å². The van der Waals surface area contributed by atoms with Crippen molar-refractivity contribution in [1.29, 1.82) is 0 Å². The molecule has 6 aromatic rings. The number of nitrogens with two attached hydrogens (primary N) is 1. The van der Waals surface area contributed by atoms with Crippen LogP contribution in [0.2, 0.25) is 0 Å². The molecule has 20 heteroatoms. The SMILES string of the molecule is CC(=O)OC1C(=O)CCC1=O.COc1ccc(NCCCCCCN)c(CN(C(C)=O)c2cc(F)ccc2Oc2ccccc2)c1.COc1ccc(NCCCCCCNC(C)=O)c(CN(C(C)=O)c2cc(F)ccc2Oc2ccccc2)c1.[Ar]. The van der Waals surface area contributed by atoms with Crippen molar-refractivity contribution in [2.75, 3.05) is 60.8 Å². The van der Waals surface area contributed by atoms with E-state index in [1.807, 2.05) is 84.9 Å². The summed E-state index contributed by atoms with van der Waals surface area (Å²) in [6.45, 7) is 8.99. The average Bonchev–Trinajstić information content (AvgIpc) is 4.03. The number of carbonyl (C=O) groups excluding carboxylic acids is 6. The fourth-order valence-corrected chi connectivity index (χ4v) is 8.80. The molecule has 0 heterocycles. The third-order valence-corrected chi connectivity index (χ3v) is 13.1. The van der Waals surface area contributed by atoms with Crippen molar-refractivity contribution in [1.82, 2.24) is 5.32 Å². The fourth-order valence-electron chi connectivity index (χ4n) is 8.80. The number of amides is 3. The molecule has 1 aliphatic rings. The Kier molecular flexibility index (Phi) is 31.0. The van der Waals surface area contributed by atoms with Crippen LogP contribution >= 0.6 is 0 Å². The average molecular weight is 1200 g/mol. The Morgan fingerprint density at radius 1 is 0.529 bits per heavy atom. The van der Waals surface area contributed by atoms with Gasteiger partial charge in [-0.2, -0.15) is 0 Å². The number of hydrogen-bond acceptors (Lipinski definition) is 14. The monoisotopic (exact) mass is 1200 g/mol. The van der Waals surface area contributed by atoms with E-state index >= 15 is 0 Å². The van der Waals surface area contributed by atoms with Crippen LogP contribution in [0.4, 0.5) is 31.5 Å². The Labute approximate surface area is 527 Å². The number of methoxy groups -OCH3 is 2. The Bertz CT molecular complexity index is 3090. The second-order valence-corrected chi connectivity index (χ2v) is 19.7. The minimum absolute atomic E-state index is 0. The van der Waals surface area contributed by atoms with E-state index in [0.29, 0.717) is 59.0 Å². The maximum Gasteiger partial charge on any atom is 0.303 e. The first-order chi connectivity index (χ1) is 40.5. The molecule has 5 N–H and O–H groups in total. The quantitative estimate of drug-likeness (QED) is 0.0204. The molecule has 1 saturated carbocycles. The van der Waals surface area contributed by atoms with Gasteiger partial charge in [0.25, 0.3) is 0 Å². The zero-order valence-corrected chi connectivity index (χ0v) is 49.9. The van der Waals surface area contributed by atoms with Crippen LogP contribution in [-0.2, 0) is 46.6 Å². The molecule has 85 heavy (non-hydrogen) atoms. The van der Waals surface area contributed by atoms with E-state index in [1.54, 1.807) is 32.4 Å². The summed E-state index contributed by atoms with van der Waals surface area (Å²) in [4.78, 5) is 71.6. The van der Waals surface area contributed by atoms with Gasteiger partial charge in [0.2, 0.25) is 23.8 Å². The van der Waals surface area contributed by atoms with Gasteiger partial charge in [0.15, 0.2) is 23.1 Å². The van der Waals surface area contributed by atoms with Crippen molar-refractivity contribution in [2.24, 2.45) is 5.73 Å². The van der Waals surface area contributed by atoms with Gasteiger partial charge in [-0.15, -0.1) is 0 Å². The van der Waals surface area contributed by atoms with Crippen LogP contribution in [0.3, 0.4) is 0 Å². The molecule has 3 amide bonds. The first-order valence-corrected chi connectivity index (χ1v) is 28.1. The number of halogens is 2. The first kappa shape index (κ1) is 69.9. The number of para-hydroxylation sites is 2. The zero-order valence-electron chi connectivity index (χ0n) is 49.2. The van der Waals surface area contributed by atoms with Crippen LogP contribution in [0.1, 0.15) is 103 Å². The maximum atomic E-state index is 14.4. The summed E-state index contributed by atoms with van der Waals surface area (Å²) < 4.78 is 56.0. The summed E-state index contributed by atoms with van der Waals surface area (Å²) in [5, 5.41) is 9.75. The maximum absolute atomic E-state index is 14.4. The molecule has 0 radical (unpaired) electrons. The van der Waals surface area contributed by atoms with Gasteiger partial charge >= 0.3 is 5.97 Å². The van der Waals surface area contributed by atoms with Crippen LogP contribution in [0.15, 0.2) is 133 Å². The van der Waals surface area contributed by atoms with Crippen molar-refractivity contribution in [2.45, 2.75) is 111 Å². The topological polar surface area (TPSA) is 217 Å². The number of Topliss-reactive ketones (excluding diaryl/α,β-unsaturated/α-hetero) is 2. The number of ketones is 2. The molecular formula is C65H78ArF2N6O11. The van der Waals surface area contributed by atoms with Crippen LogP contribution in [-0.4, -0.2) is 81.8 Å². The predicted octanol–water partition coefficient (Wildman–Crippen LogP) is 12.2. The number of benzene rings is 6. The van der Waals surface area contributed by atoms with Gasteiger partial charge in [0.05, 0.1) is 38.7 Å². The molecule has 0 saturated heterocycles. The van der Waals surface area contributed by atoms with Crippen molar-refractivity contribution in [3.05, 3.63) is 156 Å². The van der Waals surface area contributed by atoms with Gasteiger partial charge in [-0.3, -0.25) is 28.8 Å². The molecule has 0 bridgehead atoms. The Morgan fingerprint density at radius 2 is 0.941 bits per heavy atom. The number of carbonyl (C=O) groups is 6. The van der Waals surface area contributed by atoms with Gasteiger partial charge in [0, 0.05) is 121 Å². The number of anilines is 4. The van der Waals surface area contributed by atoms with E-state index in [9.17, 15) is 37.5 Å². The second-order valence-electron chi connectivity index (χ2n) is 19.7. The Morgan fingerprint density at radius 3 is 1.32 bits per heavy atom. The standard InChI is InChI=1S/C30H36FN3O4.C28H34FN3O3.C7H8O4.Ar/c1-22(35)32-17-9-4-5-10-18-33-28-15-14-27(37-3)19-24(28)21-34(23(2)36)29-20-25(31)13-16-30(29)38-26-11-7-6-8-12-26;1-21(33)32(27-19-23(29)12-15-28(27)35-24-10-6-5-7-11-24)20-22-18-25(34-2)13-14-26(22)31-17-9-4-3-8-16-30;1-4(8)11-7-5(9)2-3-6(7)10;/h6-8,11-16,19-20,33H,4-5,9-10,17-18,21H2,1-3H3,(H,32,35);5-7,10-15,18-19,31H,3-4,8-9,16-17,20,30H2,1-2H3;7H,2-3H2,1H3;. The van der Waals surface area contributed by atoms with Crippen molar-refractivity contribution >= 4 is 58.0 Å². The van der Waals surface area contributed by atoms with Crippen LogP contribution in [0, 0.1) is 49.4 Å². The molecule has 0 aromatic heterocycles. The molecule has 0 aliphatic heterocycles. The van der Waals surface area contributed by atoms with E-state index in [0.717, 1.165) is 87.0 Å². The predicted molar refractivity (Wildman–Crippen MR) is 322 cm³/mol. The molecule has 1 aliphatic carbocycles. The number of unbranched alkanes of at least 4 members (excludes halogenated alkanes) is 6. The van der Waals surface area contributed by atoms with E-state index in [1.165, 1.54) is 67.8 Å². The zero-order chi connectivity index (χ0) is 60.8. The van der Waals surface area contributed by atoms with Gasteiger partial charge in [-0.25, -0.2) is 8.78 Å². The number of rotatable bonds is 28. The largest absolute Gasteiger partial charge is 0.497 e. The Hall–Kier alpha value is -7.58. The van der Waals surface area contributed by atoms with E-state index in [2.05, 4.69) is 20.7 Å². The van der Waals surface area contributed by atoms with Crippen LogP contribution in [0.25, 0.3) is 0 Å². The number of hydrogen-bond donors (Lipinski definition) is 4. The smallest absolute Gasteiger partial charge is 0.303 e. The second kappa shape index (κ2) is 37.7. The van der Waals surface area contributed by atoms with Gasteiger partial charge in [0.1, 0.15) is 34.6 Å². The number of nitrogens with zero attached hydrogens (tertiary/aromatic N) is 2. The van der Waals surface area contributed by atoms with E-state index < -0.39 is 23.7 Å². The number of nitrogens with one attached hydrogen (secondary N) is 3. The minimum Gasteiger partial charge on any atom is -0.497 e.